The SMILES string of the molecule is CC1=C(C(=O)OC(C)C)C(c2ccccc2F)C2=C(CC(c3ccc(Cl)cc3)CC2=O)N1. The summed E-state index contributed by atoms with van der Waals surface area (Å²) >= 11 is 6.02. The van der Waals surface area contributed by atoms with E-state index in [1.54, 1.807) is 39.0 Å². The molecule has 1 heterocycles. The number of Topliss-reactive ketones (excluding diaryl/α,β-unsaturated/α-hetero) is 1. The van der Waals surface area contributed by atoms with Gasteiger partial charge in [-0.25, -0.2) is 9.18 Å². The number of esters is 1. The van der Waals surface area contributed by atoms with Gasteiger partial charge in [0.1, 0.15) is 5.82 Å². The van der Waals surface area contributed by atoms with Gasteiger partial charge >= 0.3 is 5.97 Å². The van der Waals surface area contributed by atoms with Crippen molar-refractivity contribution in [2.45, 2.75) is 51.6 Å². The van der Waals surface area contributed by atoms with Crippen molar-refractivity contribution in [1.82, 2.24) is 5.32 Å². The first-order valence-electron chi connectivity index (χ1n) is 10.7. The van der Waals surface area contributed by atoms with Gasteiger partial charge in [-0.05, 0) is 56.9 Å². The van der Waals surface area contributed by atoms with Crippen LogP contribution >= 0.6 is 11.6 Å². The van der Waals surface area contributed by atoms with Crippen LogP contribution in [0.15, 0.2) is 71.1 Å². The monoisotopic (exact) mass is 453 g/mol. The van der Waals surface area contributed by atoms with E-state index in [0.717, 1.165) is 11.3 Å². The van der Waals surface area contributed by atoms with Crippen LogP contribution in [-0.4, -0.2) is 17.9 Å². The molecule has 4 rings (SSSR count). The lowest BCUT2D eigenvalue weighted by Gasteiger charge is -2.37. The van der Waals surface area contributed by atoms with E-state index in [-0.39, 0.29) is 29.8 Å². The first-order chi connectivity index (χ1) is 15.3. The molecule has 1 aliphatic heterocycles. The van der Waals surface area contributed by atoms with Gasteiger partial charge in [-0.3, -0.25) is 4.79 Å². The molecule has 2 aliphatic rings. The van der Waals surface area contributed by atoms with Gasteiger partial charge in [0.2, 0.25) is 0 Å². The zero-order valence-corrected chi connectivity index (χ0v) is 19.0. The Morgan fingerprint density at radius 2 is 1.81 bits per heavy atom. The Balaban J connectivity index is 1.80. The van der Waals surface area contributed by atoms with E-state index in [9.17, 15) is 14.0 Å². The summed E-state index contributed by atoms with van der Waals surface area (Å²) in [6, 6.07) is 13.8. The summed E-state index contributed by atoms with van der Waals surface area (Å²) in [5.74, 6) is -1.94. The lowest BCUT2D eigenvalue weighted by Crippen LogP contribution is -2.36. The van der Waals surface area contributed by atoms with Crippen LogP contribution in [0.5, 0.6) is 0 Å². The fraction of sp³-hybridized carbons (Fsp3) is 0.308. The van der Waals surface area contributed by atoms with E-state index in [1.165, 1.54) is 6.07 Å². The van der Waals surface area contributed by atoms with E-state index >= 15 is 0 Å². The lowest BCUT2D eigenvalue weighted by atomic mass is 9.71. The molecule has 0 fully saturated rings. The number of carbonyl (C=O) groups excluding carboxylic acids is 2. The first kappa shape index (κ1) is 22.3. The maximum absolute atomic E-state index is 14.9. The maximum atomic E-state index is 14.9. The molecule has 4 nitrogen and oxygen atoms in total. The average molecular weight is 454 g/mol. The fourth-order valence-corrected chi connectivity index (χ4v) is 4.70. The summed E-state index contributed by atoms with van der Waals surface area (Å²) in [6.07, 6.45) is 0.520. The van der Waals surface area contributed by atoms with E-state index in [0.29, 0.717) is 28.3 Å². The van der Waals surface area contributed by atoms with Crippen LogP contribution in [0.25, 0.3) is 0 Å². The molecule has 0 saturated heterocycles. The van der Waals surface area contributed by atoms with Crippen molar-refractivity contribution in [2.24, 2.45) is 0 Å². The van der Waals surface area contributed by atoms with E-state index in [4.69, 9.17) is 16.3 Å². The number of ether oxygens (including phenoxy) is 1. The molecule has 2 aromatic carbocycles. The van der Waals surface area contributed by atoms with Gasteiger partial charge in [-0.15, -0.1) is 0 Å². The first-order valence-corrected chi connectivity index (χ1v) is 11.1. The largest absolute Gasteiger partial charge is 0.460 e. The number of ketones is 1. The third-order valence-electron chi connectivity index (χ3n) is 5.95. The Morgan fingerprint density at radius 1 is 1.12 bits per heavy atom. The smallest absolute Gasteiger partial charge is 0.337 e. The molecule has 166 valence electrons. The Bertz CT molecular complexity index is 1130. The molecule has 0 spiro atoms. The molecule has 2 unspecified atom stereocenters. The molecular formula is C26H25ClFNO3. The Labute approximate surface area is 192 Å². The predicted molar refractivity (Wildman–Crippen MR) is 122 cm³/mol. The van der Waals surface area contributed by atoms with Crippen molar-refractivity contribution in [1.29, 1.82) is 0 Å². The molecule has 0 radical (unpaired) electrons. The fourth-order valence-electron chi connectivity index (χ4n) is 4.58. The van der Waals surface area contributed by atoms with Crippen molar-refractivity contribution in [2.75, 3.05) is 0 Å². The van der Waals surface area contributed by atoms with Crippen molar-refractivity contribution < 1.29 is 18.7 Å². The van der Waals surface area contributed by atoms with Gasteiger partial charge in [-0.2, -0.15) is 0 Å². The second-order valence-corrected chi connectivity index (χ2v) is 8.98. The normalized spacial score (nSPS) is 20.9. The van der Waals surface area contributed by atoms with E-state index in [2.05, 4.69) is 5.32 Å². The minimum absolute atomic E-state index is 0.0238. The lowest BCUT2D eigenvalue weighted by molar-refractivity contribution is -0.143. The third-order valence-corrected chi connectivity index (χ3v) is 6.20. The summed E-state index contributed by atoms with van der Waals surface area (Å²) in [5, 5.41) is 3.91. The Hall–Kier alpha value is -2.92. The number of allylic oxidation sites excluding steroid dienone is 3. The molecule has 0 amide bonds. The number of halogens is 2. The molecule has 2 atom stereocenters. The predicted octanol–water partition coefficient (Wildman–Crippen LogP) is 5.79. The van der Waals surface area contributed by atoms with Crippen LogP contribution in [0.1, 0.15) is 56.6 Å². The average Bonchev–Trinajstić information content (AvgIpc) is 2.73. The summed E-state index contributed by atoms with van der Waals surface area (Å²) in [4.78, 5) is 26.5. The number of carbonyl (C=O) groups is 2. The van der Waals surface area contributed by atoms with Crippen LogP contribution < -0.4 is 5.32 Å². The summed E-state index contributed by atoms with van der Waals surface area (Å²) < 4.78 is 20.4. The maximum Gasteiger partial charge on any atom is 0.337 e. The highest BCUT2D eigenvalue weighted by Crippen LogP contribution is 2.46. The van der Waals surface area contributed by atoms with Gasteiger partial charge in [0, 0.05) is 34.0 Å². The van der Waals surface area contributed by atoms with Gasteiger partial charge < -0.3 is 10.1 Å². The highest BCUT2D eigenvalue weighted by molar-refractivity contribution is 6.30. The number of hydrogen-bond donors (Lipinski definition) is 1. The summed E-state index contributed by atoms with van der Waals surface area (Å²) in [7, 11) is 0. The number of dihydropyridines is 1. The van der Waals surface area contributed by atoms with Gasteiger partial charge in [0.25, 0.3) is 0 Å². The Morgan fingerprint density at radius 3 is 2.47 bits per heavy atom. The minimum Gasteiger partial charge on any atom is -0.460 e. The number of nitrogens with one attached hydrogen (secondary N) is 1. The van der Waals surface area contributed by atoms with Crippen LogP contribution in [0.4, 0.5) is 4.39 Å². The molecule has 32 heavy (non-hydrogen) atoms. The molecule has 2 aromatic rings. The van der Waals surface area contributed by atoms with Crippen molar-refractivity contribution in [3.63, 3.8) is 0 Å². The molecule has 0 bridgehead atoms. The quantitative estimate of drug-likeness (QED) is 0.595. The molecule has 0 aromatic heterocycles. The van der Waals surface area contributed by atoms with Gasteiger partial charge in [-0.1, -0.05) is 41.9 Å². The zero-order valence-electron chi connectivity index (χ0n) is 18.2. The molecular weight excluding hydrogens is 429 g/mol. The van der Waals surface area contributed by atoms with Gasteiger partial charge in [0.05, 0.1) is 17.6 Å². The molecule has 1 aliphatic carbocycles. The number of rotatable bonds is 4. The van der Waals surface area contributed by atoms with Gasteiger partial charge in [0.15, 0.2) is 5.78 Å². The molecule has 1 N–H and O–H groups in total. The van der Waals surface area contributed by atoms with Crippen molar-refractivity contribution in [3.8, 4) is 0 Å². The standard InChI is InChI=1S/C26H25ClFNO3/c1-14(2)32-26(31)23-15(3)29-21-12-17(16-8-10-18(27)11-9-16)13-22(30)25(21)24(23)19-6-4-5-7-20(19)28/h4-11,14,17,24,29H,12-13H2,1-3H3. The highest BCUT2D eigenvalue weighted by atomic mass is 35.5. The second-order valence-electron chi connectivity index (χ2n) is 8.54. The molecule has 6 heteroatoms. The van der Waals surface area contributed by atoms with Crippen LogP contribution in [0, 0.1) is 5.82 Å². The van der Waals surface area contributed by atoms with Crippen LogP contribution in [0.2, 0.25) is 5.02 Å². The zero-order chi connectivity index (χ0) is 23.0. The van der Waals surface area contributed by atoms with E-state index < -0.39 is 17.7 Å². The van der Waals surface area contributed by atoms with Crippen molar-refractivity contribution >= 4 is 23.4 Å². The number of benzene rings is 2. The molecule has 0 saturated carbocycles. The van der Waals surface area contributed by atoms with E-state index in [1.807, 2.05) is 24.3 Å². The second kappa shape index (κ2) is 8.91. The van der Waals surface area contributed by atoms with Crippen LogP contribution in [-0.2, 0) is 14.3 Å². The van der Waals surface area contributed by atoms with Crippen LogP contribution in [0.3, 0.4) is 0 Å². The highest BCUT2D eigenvalue weighted by Gasteiger charge is 2.42. The third kappa shape index (κ3) is 4.22. The number of hydrogen-bond acceptors (Lipinski definition) is 4. The minimum atomic E-state index is -0.808. The summed E-state index contributed by atoms with van der Waals surface area (Å²) in [5.41, 5.74) is 3.35. The van der Waals surface area contributed by atoms with Crippen molar-refractivity contribution in [3.05, 3.63) is 93.0 Å². The summed E-state index contributed by atoms with van der Waals surface area (Å²) in [6.45, 7) is 5.29. The topological polar surface area (TPSA) is 55.4 Å². The Kier molecular flexibility index (Phi) is 6.20.